The Kier molecular flexibility index (Phi) is 16.2. The number of allylic oxidation sites excluding steroid dienone is 9. The van der Waals surface area contributed by atoms with Crippen molar-refractivity contribution in [3.8, 4) is 0 Å². The van der Waals surface area contributed by atoms with Gasteiger partial charge in [0, 0.05) is 5.57 Å². The lowest BCUT2D eigenvalue weighted by Gasteiger charge is -1.98. The summed E-state index contributed by atoms with van der Waals surface area (Å²) in [4.78, 5) is 10.8. The zero-order valence-electron chi connectivity index (χ0n) is 15.4. The van der Waals surface area contributed by atoms with Crippen molar-refractivity contribution in [1.82, 2.24) is 0 Å². The van der Waals surface area contributed by atoms with E-state index in [2.05, 4.69) is 19.1 Å². The molecular formula is C22H34O2. The number of hydrogen-bond donors (Lipinski definition) is 1. The van der Waals surface area contributed by atoms with E-state index >= 15 is 0 Å². The Hall–Kier alpha value is -1.83. The van der Waals surface area contributed by atoms with Crippen LogP contribution in [-0.4, -0.2) is 11.1 Å². The van der Waals surface area contributed by atoms with Crippen LogP contribution in [0.4, 0.5) is 0 Å². The Morgan fingerprint density at radius 2 is 1.29 bits per heavy atom. The predicted octanol–water partition coefficient (Wildman–Crippen LogP) is 6.77. The first-order chi connectivity index (χ1) is 11.7. The Morgan fingerprint density at radius 3 is 1.88 bits per heavy atom. The standard InChI is InChI=1S/C22H34O2/c1-3-5-6-7-8-9-10-11-12-13-14-15-16-17-18-19-20-21(4-2)22(23)24/h12-20H,3-11H2,1-2H3,(H,23,24)/b13-12+,15-14+,17-16+,19-18+,21-20+. The fourth-order valence-corrected chi connectivity index (χ4v) is 2.23. The van der Waals surface area contributed by atoms with Crippen molar-refractivity contribution in [2.45, 2.75) is 71.6 Å². The van der Waals surface area contributed by atoms with E-state index in [4.69, 9.17) is 5.11 Å². The molecule has 0 fully saturated rings. The second-order valence-corrected chi connectivity index (χ2v) is 5.84. The van der Waals surface area contributed by atoms with Crippen LogP contribution in [0.5, 0.6) is 0 Å². The SMILES string of the molecule is CCCCCCCCC/C=C/C=C/C=C/C=C/C=C(\CC)C(=O)O. The highest BCUT2D eigenvalue weighted by Gasteiger charge is 2.00. The van der Waals surface area contributed by atoms with E-state index in [1.54, 1.807) is 12.2 Å². The highest BCUT2D eigenvalue weighted by molar-refractivity contribution is 5.86. The summed E-state index contributed by atoms with van der Waals surface area (Å²) in [5.74, 6) is -0.850. The number of carboxylic acids is 1. The van der Waals surface area contributed by atoms with Crippen LogP contribution in [0, 0.1) is 0 Å². The number of hydrogen-bond acceptors (Lipinski definition) is 1. The molecule has 0 aromatic heterocycles. The molecule has 0 saturated heterocycles. The van der Waals surface area contributed by atoms with Gasteiger partial charge >= 0.3 is 5.97 Å². The van der Waals surface area contributed by atoms with Gasteiger partial charge in [-0.3, -0.25) is 0 Å². The Balaban J connectivity index is 3.71. The molecule has 0 aromatic carbocycles. The van der Waals surface area contributed by atoms with Gasteiger partial charge in [0.25, 0.3) is 0 Å². The minimum atomic E-state index is -0.850. The van der Waals surface area contributed by atoms with Gasteiger partial charge in [0.1, 0.15) is 0 Å². The predicted molar refractivity (Wildman–Crippen MR) is 105 cm³/mol. The molecule has 24 heavy (non-hydrogen) atoms. The summed E-state index contributed by atoms with van der Waals surface area (Å²) in [5.41, 5.74) is 0.420. The highest BCUT2D eigenvalue weighted by atomic mass is 16.4. The molecule has 0 amide bonds. The van der Waals surface area contributed by atoms with Gasteiger partial charge in [-0.1, -0.05) is 107 Å². The minimum Gasteiger partial charge on any atom is -0.478 e. The third-order valence-electron chi connectivity index (χ3n) is 3.73. The maximum absolute atomic E-state index is 10.8. The van der Waals surface area contributed by atoms with Crippen molar-refractivity contribution >= 4 is 5.97 Å². The number of carbonyl (C=O) groups is 1. The summed E-state index contributed by atoms with van der Waals surface area (Å²) < 4.78 is 0. The first-order valence-electron chi connectivity index (χ1n) is 9.31. The molecule has 0 spiro atoms. The van der Waals surface area contributed by atoms with Crippen molar-refractivity contribution in [3.63, 3.8) is 0 Å². The molecule has 0 saturated carbocycles. The molecule has 0 rings (SSSR count). The summed E-state index contributed by atoms with van der Waals surface area (Å²) in [5, 5.41) is 8.86. The van der Waals surface area contributed by atoms with E-state index in [0.29, 0.717) is 12.0 Å². The first-order valence-corrected chi connectivity index (χ1v) is 9.31. The molecule has 134 valence electrons. The van der Waals surface area contributed by atoms with Crippen LogP contribution in [0.15, 0.2) is 60.3 Å². The number of unbranched alkanes of at least 4 members (excludes halogenated alkanes) is 7. The van der Waals surface area contributed by atoms with Gasteiger partial charge < -0.3 is 5.11 Å². The van der Waals surface area contributed by atoms with Crippen LogP contribution < -0.4 is 0 Å². The van der Waals surface area contributed by atoms with Crippen LogP contribution in [0.2, 0.25) is 0 Å². The van der Waals surface area contributed by atoms with Crippen molar-refractivity contribution in [1.29, 1.82) is 0 Å². The van der Waals surface area contributed by atoms with Gasteiger partial charge in [0.2, 0.25) is 0 Å². The van der Waals surface area contributed by atoms with Crippen LogP contribution in [0.25, 0.3) is 0 Å². The van der Waals surface area contributed by atoms with E-state index < -0.39 is 5.97 Å². The maximum atomic E-state index is 10.8. The van der Waals surface area contributed by atoms with Gasteiger partial charge in [-0.15, -0.1) is 0 Å². The lowest BCUT2D eigenvalue weighted by Crippen LogP contribution is -1.97. The zero-order valence-corrected chi connectivity index (χ0v) is 15.4. The minimum absolute atomic E-state index is 0.420. The lowest BCUT2D eigenvalue weighted by atomic mass is 10.1. The fraction of sp³-hybridized carbons (Fsp3) is 0.500. The van der Waals surface area contributed by atoms with E-state index in [0.717, 1.165) is 6.42 Å². The smallest absolute Gasteiger partial charge is 0.331 e. The molecule has 0 aliphatic heterocycles. The Bertz CT molecular complexity index is 451. The summed E-state index contributed by atoms with van der Waals surface area (Å²) in [6, 6.07) is 0. The van der Waals surface area contributed by atoms with E-state index in [9.17, 15) is 4.79 Å². The topological polar surface area (TPSA) is 37.3 Å². The molecule has 0 unspecified atom stereocenters. The average Bonchev–Trinajstić information content (AvgIpc) is 2.57. The largest absolute Gasteiger partial charge is 0.478 e. The van der Waals surface area contributed by atoms with Crippen molar-refractivity contribution in [2.75, 3.05) is 0 Å². The van der Waals surface area contributed by atoms with Crippen LogP contribution in [0.1, 0.15) is 71.6 Å². The zero-order chi connectivity index (χ0) is 17.9. The highest BCUT2D eigenvalue weighted by Crippen LogP contribution is 2.08. The molecule has 0 aliphatic carbocycles. The average molecular weight is 331 g/mol. The third kappa shape index (κ3) is 15.1. The van der Waals surface area contributed by atoms with E-state index in [-0.39, 0.29) is 0 Å². The molecule has 0 aromatic rings. The van der Waals surface area contributed by atoms with Crippen molar-refractivity contribution < 1.29 is 9.90 Å². The summed E-state index contributed by atoms with van der Waals surface area (Å²) >= 11 is 0. The van der Waals surface area contributed by atoms with E-state index in [1.165, 1.54) is 44.9 Å². The number of carboxylic acid groups (broad SMARTS) is 1. The molecule has 0 atom stereocenters. The van der Waals surface area contributed by atoms with Crippen LogP contribution >= 0.6 is 0 Å². The summed E-state index contributed by atoms with van der Waals surface area (Å²) in [6.45, 7) is 4.09. The monoisotopic (exact) mass is 330 g/mol. The fourth-order valence-electron chi connectivity index (χ4n) is 2.23. The second-order valence-electron chi connectivity index (χ2n) is 5.84. The van der Waals surface area contributed by atoms with Gasteiger partial charge in [0.15, 0.2) is 0 Å². The van der Waals surface area contributed by atoms with Gasteiger partial charge in [0.05, 0.1) is 0 Å². The van der Waals surface area contributed by atoms with Crippen molar-refractivity contribution in [3.05, 3.63) is 60.3 Å². The summed E-state index contributed by atoms with van der Waals surface area (Å²) in [6.07, 6.45) is 28.5. The molecule has 0 bridgehead atoms. The van der Waals surface area contributed by atoms with E-state index in [1.807, 2.05) is 37.3 Å². The molecule has 0 radical (unpaired) electrons. The molecule has 2 nitrogen and oxygen atoms in total. The second kappa shape index (κ2) is 17.5. The van der Waals surface area contributed by atoms with Crippen LogP contribution in [0.3, 0.4) is 0 Å². The van der Waals surface area contributed by atoms with Gasteiger partial charge in [-0.2, -0.15) is 0 Å². The Morgan fingerprint density at radius 1 is 0.750 bits per heavy atom. The number of aliphatic carboxylic acids is 1. The molecule has 0 heterocycles. The maximum Gasteiger partial charge on any atom is 0.331 e. The first kappa shape index (κ1) is 22.2. The molecule has 0 aliphatic rings. The number of rotatable bonds is 14. The summed E-state index contributed by atoms with van der Waals surface area (Å²) in [7, 11) is 0. The lowest BCUT2D eigenvalue weighted by molar-refractivity contribution is -0.132. The van der Waals surface area contributed by atoms with Crippen LogP contribution in [-0.2, 0) is 4.79 Å². The molecule has 1 N–H and O–H groups in total. The molecular weight excluding hydrogens is 296 g/mol. The van der Waals surface area contributed by atoms with Gasteiger partial charge in [-0.25, -0.2) is 4.79 Å². The molecule has 2 heteroatoms. The van der Waals surface area contributed by atoms with Gasteiger partial charge in [-0.05, 0) is 19.3 Å². The Labute approximate surface area is 148 Å². The quantitative estimate of drug-likeness (QED) is 0.217. The normalized spacial score (nSPS) is 13.2. The third-order valence-corrected chi connectivity index (χ3v) is 3.73. The van der Waals surface area contributed by atoms with Crippen molar-refractivity contribution in [2.24, 2.45) is 0 Å².